The van der Waals surface area contributed by atoms with Gasteiger partial charge in [-0.3, -0.25) is 4.79 Å². The molecular weight excluding hydrogens is 162 g/mol. The van der Waals surface area contributed by atoms with Crippen LogP contribution >= 0.6 is 11.8 Å². The van der Waals surface area contributed by atoms with Crippen molar-refractivity contribution in [1.29, 1.82) is 0 Å². The quantitative estimate of drug-likeness (QED) is 0.553. The molecule has 2 rings (SSSR count). The van der Waals surface area contributed by atoms with Crippen molar-refractivity contribution in [1.82, 2.24) is 0 Å². The molecule has 1 aliphatic carbocycles. The van der Waals surface area contributed by atoms with Gasteiger partial charge in [0.1, 0.15) is 0 Å². The monoisotopic (exact) mass is 171 g/mol. The molecule has 0 aromatic heterocycles. The molecule has 0 aromatic rings. The van der Waals surface area contributed by atoms with Crippen LogP contribution in [0.5, 0.6) is 0 Å². The van der Waals surface area contributed by atoms with Crippen molar-refractivity contribution in [3.63, 3.8) is 0 Å². The topological polar surface area (TPSA) is 38.7 Å². The van der Waals surface area contributed by atoms with Crippen LogP contribution in [-0.2, 0) is 9.53 Å². The Morgan fingerprint density at radius 1 is 1.64 bits per heavy atom. The molecule has 1 aliphatic heterocycles. The van der Waals surface area contributed by atoms with Gasteiger partial charge in [-0.1, -0.05) is 11.8 Å². The summed E-state index contributed by atoms with van der Waals surface area (Å²) in [6.45, 7) is 0.790. The lowest BCUT2D eigenvalue weighted by Crippen LogP contribution is -2.09. The minimum atomic E-state index is -0.0850. The largest absolute Gasteiger partial charge is 0.401 e. The highest BCUT2D eigenvalue weighted by Crippen LogP contribution is 2.31. The summed E-state index contributed by atoms with van der Waals surface area (Å²) in [5, 5.41) is 0.571. The molecule has 11 heavy (non-hydrogen) atoms. The molecule has 0 aromatic carbocycles. The number of aliphatic imine (C=N–C) groups is 1. The number of thioether (sulfide) groups is 1. The van der Waals surface area contributed by atoms with Gasteiger partial charge in [-0.05, 0) is 12.8 Å². The van der Waals surface area contributed by atoms with Crippen molar-refractivity contribution in [2.75, 3.05) is 12.3 Å². The van der Waals surface area contributed by atoms with Crippen molar-refractivity contribution >= 4 is 23.0 Å². The van der Waals surface area contributed by atoms with Crippen molar-refractivity contribution in [2.45, 2.75) is 12.8 Å². The number of carbonyl (C=O) groups excluding carboxylic acids is 1. The summed E-state index contributed by atoms with van der Waals surface area (Å²) < 4.78 is 5.01. The van der Waals surface area contributed by atoms with Gasteiger partial charge >= 0.3 is 5.97 Å². The third kappa shape index (κ3) is 1.74. The Bertz CT molecular complexity index is 210. The summed E-state index contributed by atoms with van der Waals surface area (Å²) in [6, 6.07) is 0. The Hall–Kier alpha value is -0.510. The van der Waals surface area contributed by atoms with Crippen LogP contribution in [0.3, 0.4) is 0 Å². The van der Waals surface area contributed by atoms with Crippen LogP contribution in [0, 0.1) is 5.92 Å². The Morgan fingerprint density at radius 2 is 2.45 bits per heavy atom. The minimum Gasteiger partial charge on any atom is -0.401 e. The van der Waals surface area contributed by atoms with Crippen LogP contribution < -0.4 is 0 Å². The van der Waals surface area contributed by atoms with Gasteiger partial charge in [-0.2, -0.15) is 0 Å². The van der Waals surface area contributed by atoms with E-state index in [1.165, 1.54) is 11.8 Å². The maximum absolute atomic E-state index is 11.0. The molecule has 60 valence electrons. The average Bonchev–Trinajstić information content (AvgIpc) is 2.73. The van der Waals surface area contributed by atoms with Gasteiger partial charge in [0.2, 0.25) is 0 Å². The number of esters is 1. The highest BCUT2D eigenvalue weighted by molar-refractivity contribution is 8.13. The fourth-order valence-corrected chi connectivity index (χ4v) is 1.55. The Kier molecular flexibility index (Phi) is 1.85. The predicted octanol–water partition coefficient (Wildman–Crippen LogP) is 1.04. The molecule has 0 spiro atoms. The summed E-state index contributed by atoms with van der Waals surface area (Å²) in [6.07, 6.45) is 1.99. The lowest BCUT2D eigenvalue weighted by Gasteiger charge is -1.98. The van der Waals surface area contributed by atoms with E-state index in [4.69, 9.17) is 4.74 Å². The lowest BCUT2D eigenvalue weighted by atomic mass is 10.4. The number of ether oxygens (including phenoxy) is 1. The van der Waals surface area contributed by atoms with E-state index in [1.54, 1.807) is 0 Å². The first-order valence-corrected chi connectivity index (χ1v) is 4.74. The molecule has 0 N–H and O–H groups in total. The van der Waals surface area contributed by atoms with Crippen LogP contribution in [0.25, 0.3) is 0 Å². The molecule has 3 nitrogen and oxygen atoms in total. The first-order chi connectivity index (χ1) is 5.36. The molecule has 0 atom stereocenters. The van der Waals surface area contributed by atoms with Crippen molar-refractivity contribution in [3.8, 4) is 0 Å². The molecule has 0 bridgehead atoms. The predicted molar refractivity (Wildman–Crippen MR) is 43.6 cm³/mol. The second-order valence-corrected chi connectivity index (χ2v) is 3.74. The SMILES string of the molecule is O=C(OC1=NCCS1)C1CC1. The second-order valence-electron chi connectivity index (χ2n) is 2.69. The first-order valence-electron chi connectivity index (χ1n) is 3.75. The van der Waals surface area contributed by atoms with Gasteiger partial charge in [0, 0.05) is 5.75 Å². The molecule has 4 heteroatoms. The molecule has 2 aliphatic rings. The Balaban J connectivity index is 1.83. The standard InChI is InChI=1S/C7H9NO2S/c9-6(5-1-2-5)10-7-8-3-4-11-7/h5H,1-4H2. The van der Waals surface area contributed by atoms with Crippen molar-refractivity contribution in [2.24, 2.45) is 10.9 Å². The van der Waals surface area contributed by atoms with Crippen LogP contribution in [0.4, 0.5) is 0 Å². The van der Waals surface area contributed by atoms with E-state index in [1.807, 2.05) is 0 Å². The summed E-state index contributed by atoms with van der Waals surface area (Å²) in [5.74, 6) is 1.05. The van der Waals surface area contributed by atoms with Crippen LogP contribution in [0.15, 0.2) is 4.99 Å². The van der Waals surface area contributed by atoms with Crippen LogP contribution in [0.2, 0.25) is 0 Å². The summed E-state index contributed by atoms with van der Waals surface area (Å²) in [5.41, 5.74) is 0. The Labute approximate surface area is 69.2 Å². The zero-order chi connectivity index (χ0) is 7.68. The minimum absolute atomic E-state index is 0.0850. The van der Waals surface area contributed by atoms with E-state index < -0.39 is 0 Å². The third-order valence-electron chi connectivity index (χ3n) is 1.66. The number of nitrogens with zero attached hydrogens (tertiary/aromatic N) is 1. The molecule has 0 amide bonds. The average molecular weight is 171 g/mol. The van der Waals surface area contributed by atoms with Gasteiger partial charge < -0.3 is 4.74 Å². The van der Waals surface area contributed by atoms with Gasteiger partial charge in [-0.25, -0.2) is 4.99 Å². The maximum Gasteiger partial charge on any atom is 0.316 e. The molecule has 1 heterocycles. The Morgan fingerprint density at radius 3 is 3.00 bits per heavy atom. The molecule has 1 fully saturated rings. The lowest BCUT2D eigenvalue weighted by molar-refractivity contribution is -0.136. The summed E-state index contributed by atoms with van der Waals surface area (Å²) in [4.78, 5) is 15.1. The first kappa shape index (κ1) is 7.16. The normalized spacial score (nSPS) is 23.1. The third-order valence-corrected chi connectivity index (χ3v) is 2.50. The second kappa shape index (κ2) is 2.85. The maximum atomic E-state index is 11.0. The number of rotatable bonds is 1. The van der Waals surface area contributed by atoms with Gasteiger partial charge in [0.15, 0.2) is 0 Å². The smallest absolute Gasteiger partial charge is 0.316 e. The highest BCUT2D eigenvalue weighted by Gasteiger charge is 2.32. The van der Waals surface area contributed by atoms with E-state index in [9.17, 15) is 4.79 Å². The van der Waals surface area contributed by atoms with E-state index in [-0.39, 0.29) is 11.9 Å². The van der Waals surface area contributed by atoms with E-state index >= 15 is 0 Å². The number of hydrogen-bond acceptors (Lipinski definition) is 4. The van der Waals surface area contributed by atoms with E-state index in [2.05, 4.69) is 4.99 Å². The van der Waals surface area contributed by atoms with E-state index in [0.29, 0.717) is 5.23 Å². The van der Waals surface area contributed by atoms with Gasteiger partial charge in [0.25, 0.3) is 5.23 Å². The van der Waals surface area contributed by atoms with Crippen LogP contribution in [0.1, 0.15) is 12.8 Å². The zero-order valence-electron chi connectivity index (χ0n) is 6.08. The molecule has 0 unspecified atom stereocenters. The fraction of sp³-hybridized carbons (Fsp3) is 0.714. The van der Waals surface area contributed by atoms with Crippen molar-refractivity contribution < 1.29 is 9.53 Å². The summed E-state index contributed by atoms with van der Waals surface area (Å²) in [7, 11) is 0. The van der Waals surface area contributed by atoms with Gasteiger partial charge in [-0.15, -0.1) is 0 Å². The number of carbonyl (C=O) groups is 1. The van der Waals surface area contributed by atoms with Gasteiger partial charge in [0.05, 0.1) is 12.5 Å². The van der Waals surface area contributed by atoms with Crippen molar-refractivity contribution in [3.05, 3.63) is 0 Å². The van der Waals surface area contributed by atoms with E-state index in [0.717, 1.165) is 25.1 Å². The molecule has 0 saturated heterocycles. The zero-order valence-corrected chi connectivity index (χ0v) is 6.89. The number of hydrogen-bond donors (Lipinski definition) is 0. The fourth-order valence-electron chi connectivity index (χ4n) is 0.866. The molecular formula is C7H9NO2S. The molecule has 0 radical (unpaired) electrons. The highest BCUT2D eigenvalue weighted by atomic mass is 32.2. The van der Waals surface area contributed by atoms with Crippen LogP contribution in [-0.4, -0.2) is 23.5 Å². The molecule has 1 saturated carbocycles. The summed E-state index contributed by atoms with van der Waals surface area (Å²) >= 11 is 1.52.